The number of likely N-dealkylation sites (tertiary alicyclic amines) is 1. The van der Waals surface area contributed by atoms with Crippen molar-refractivity contribution in [3.8, 4) is 17.2 Å². The summed E-state index contributed by atoms with van der Waals surface area (Å²) in [5.74, 6) is 1.17. The van der Waals surface area contributed by atoms with Gasteiger partial charge in [-0.15, -0.1) is 0 Å². The predicted octanol–water partition coefficient (Wildman–Crippen LogP) is 4.21. The Hall–Kier alpha value is -3.10. The van der Waals surface area contributed by atoms with Crippen LogP contribution in [0, 0.1) is 12.7 Å². The third-order valence-electron chi connectivity index (χ3n) is 6.32. The lowest BCUT2D eigenvalue weighted by Gasteiger charge is -2.27. The first-order chi connectivity index (χ1) is 16.9. The number of halogens is 1. The molecular weight excluding hydrogens is 449 g/mol. The molecule has 0 radical (unpaired) electrons. The first-order valence-electron chi connectivity index (χ1n) is 12.0. The molecule has 0 saturated carbocycles. The number of nitrogens with zero attached hydrogens (tertiary/aromatic N) is 3. The molecule has 8 heteroatoms. The van der Waals surface area contributed by atoms with Gasteiger partial charge in [-0.3, -0.25) is 9.58 Å². The molecule has 0 unspecified atom stereocenters. The van der Waals surface area contributed by atoms with Crippen LogP contribution in [-0.4, -0.2) is 58.8 Å². The van der Waals surface area contributed by atoms with E-state index in [0.29, 0.717) is 37.5 Å². The molecule has 0 bridgehead atoms. The van der Waals surface area contributed by atoms with Crippen LogP contribution in [0.4, 0.5) is 4.39 Å². The number of aromatic nitrogens is 2. The Kier molecular flexibility index (Phi) is 8.25. The van der Waals surface area contributed by atoms with Gasteiger partial charge >= 0.3 is 0 Å². The smallest absolute Gasteiger partial charge is 0.165 e. The van der Waals surface area contributed by atoms with E-state index in [9.17, 15) is 9.50 Å². The number of para-hydroxylation sites is 1. The number of hydrogen-bond donors (Lipinski definition) is 1. The van der Waals surface area contributed by atoms with Crippen LogP contribution in [-0.2, 0) is 13.1 Å². The number of rotatable bonds is 10. The molecule has 0 amide bonds. The van der Waals surface area contributed by atoms with E-state index in [1.54, 1.807) is 25.3 Å². The van der Waals surface area contributed by atoms with Crippen molar-refractivity contribution < 1.29 is 23.7 Å². The molecule has 0 aliphatic carbocycles. The van der Waals surface area contributed by atoms with E-state index in [1.807, 2.05) is 42.2 Å². The van der Waals surface area contributed by atoms with Crippen molar-refractivity contribution in [1.82, 2.24) is 14.7 Å². The maximum atomic E-state index is 13.9. The van der Waals surface area contributed by atoms with E-state index in [0.717, 1.165) is 37.2 Å². The van der Waals surface area contributed by atoms with E-state index >= 15 is 0 Å². The topological polar surface area (TPSA) is 69.0 Å². The summed E-state index contributed by atoms with van der Waals surface area (Å²) in [7, 11) is 1.64. The lowest BCUT2D eigenvalue weighted by Crippen LogP contribution is -2.37. The van der Waals surface area contributed by atoms with Crippen molar-refractivity contribution in [2.45, 2.75) is 44.9 Å². The number of methoxy groups -OCH3 is 1. The molecule has 0 spiro atoms. The lowest BCUT2D eigenvalue weighted by atomic mass is 9.96. The number of aryl methyl sites for hydroxylation is 1. The quantitative estimate of drug-likeness (QED) is 0.466. The van der Waals surface area contributed by atoms with Crippen LogP contribution >= 0.6 is 0 Å². The van der Waals surface area contributed by atoms with E-state index in [4.69, 9.17) is 14.2 Å². The molecule has 188 valence electrons. The Morgan fingerprint density at radius 3 is 2.69 bits per heavy atom. The van der Waals surface area contributed by atoms with E-state index < -0.39 is 11.4 Å². The molecule has 4 rings (SSSR count). The molecule has 7 nitrogen and oxygen atoms in total. The molecule has 3 aromatic rings. The van der Waals surface area contributed by atoms with E-state index in [1.165, 1.54) is 6.07 Å². The first-order valence-corrected chi connectivity index (χ1v) is 12.0. The van der Waals surface area contributed by atoms with Gasteiger partial charge in [0.1, 0.15) is 13.2 Å². The van der Waals surface area contributed by atoms with E-state index in [-0.39, 0.29) is 12.4 Å². The van der Waals surface area contributed by atoms with Gasteiger partial charge in [0.2, 0.25) is 0 Å². The maximum Gasteiger partial charge on any atom is 0.165 e. The minimum absolute atomic E-state index is 0.0831. The van der Waals surface area contributed by atoms with Gasteiger partial charge < -0.3 is 19.3 Å². The summed E-state index contributed by atoms with van der Waals surface area (Å²) in [6.45, 7) is 5.59. The molecule has 1 N–H and O–H groups in total. The third-order valence-corrected chi connectivity index (χ3v) is 6.32. The fraction of sp³-hybridized carbons (Fsp3) is 0.444. The SMILES string of the molecule is COc1cc(CN2CCC[C@](O)(COc3ccccc3F)CC2)ccc1OCCn1cc(C)cn1. The molecule has 1 atom stereocenters. The largest absolute Gasteiger partial charge is 0.493 e. The Morgan fingerprint density at radius 2 is 1.91 bits per heavy atom. The predicted molar refractivity (Wildman–Crippen MR) is 131 cm³/mol. The first kappa shape index (κ1) is 25.0. The molecule has 2 aromatic carbocycles. The van der Waals surface area contributed by atoms with Crippen LogP contribution in [0.5, 0.6) is 17.2 Å². The zero-order valence-electron chi connectivity index (χ0n) is 20.5. The van der Waals surface area contributed by atoms with Gasteiger partial charge in [0.15, 0.2) is 23.1 Å². The van der Waals surface area contributed by atoms with Gasteiger partial charge in [0.25, 0.3) is 0 Å². The minimum atomic E-state index is -0.973. The summed E-state index contributed by atoms with van der Waals surface area (Å²) in [6, 6.07) is 12.3. The molecule has 1 aliphatic rings. The highest BCUT2D eigenvalue weighted by Gasteiger charge is 2.31. The van der Waals surface area contributed by atoms with Crippen molar-refractivity contribution in [2.75, 3.05) is 33.4 Å². The summed E-state index contributed by atoms with van der Waals surface area (Å²) < 4.78 is 32.8. The number of benzene rings is 2. The summed E-state index contributed by atoms with van der Waals surface area (Å²) >= 11 is 0. The fourth-order valence-electron chi connectivity index (χ4n) is 4.34. The van der Waals surface area contributed by atoms with Crippen molar-refractivity contribution in [3.63, 3.8) is 0 Å². The summed E-state index contributed by atoms with van der Waals surface area (Å²) in [5, 5.41) is 15.3. The van der Waals surface area contributed by atoms with Gasteiger partial charge in [0.05, 0.1) is 25.5 Å². The van der Waals surface area contributed by atoms with Gasteiger partial charge in [-0.25, -0.2) is 4.39 Å². The summed E-state index contributed by atoms with van der Waals surface area (Å²) in [6.07, 6.45) is 5.83. The average Bonchev–Trinajstić information content (AvgIpc) is 3.18. The Labute approximate surface area is 206 Å². The zero-order chi connectivity index (χ0) is 24.7. The monoisotopic (exact) mass is 483 g/mol. The van der Waals surface area contributed by atoms with Crippen molar-refractivity contribution >= 4 is 0 Å². The second kappa shape index (κ2) is 11.6. The van der Waals surface area contributed by atoms with Crippen LogP contribution in [0.15, 0.2) is 54.9 Å². The standard InChI is InChI=1S/C27H34FN3O4/c1-21-17-29-31(18-21)14-15-34-25-9-8-22(16-26(25)33-2)19-30-12-5-10-27(32,11-13-30)20-35-24-7-4-3-6-23(24)28/h3-4,6-9,16-18,32H,5,10-15,19-20H2,1-2H3/t27-/m1/s1. The van der Waals surface area contributed by atoms with Gasteiger partial charge in [-0.1, -0.05) is 18.2 Å². The number of ether oxygens (including phenoxy) is 3. The zero-order valence-corrected chi connectivity index (χ0v) is 20.5. The molecule has 2 heterocycles. The second-order valence-electron chi connectivity index (χ2n) is 9.19. The molecule has 1 aromatic heterocycles. The lowest BCUT2D eigenvalue weighted by molar-refractivity contribution is -0.0177. The molecular formula is C27H34FN3O4. The highest BCUT2D eigenvalue weighted by atomic mass is 19.1. The second-order valence-corrected chi connectivity index (χ2v) is 9.19. The van der Waals surface area contributed by atoms with Crippen LogP contribution in [0.1, 0.15) is 30.4 Å². The molecule has 1 aliphatic heterocycles. The highest BCUT2D eigenvalue weighted by Crippen LogP contribution is 2.30. The van der Waals surface area contributed by atoms with Crippen molar-refractivity contribution in [2.24, 2.45) is 0 Å². The third kappa shape index (κ3) is 6.96. The van der Waals surface area contributed by atoms with Crippen LogP contribution in [0.3, 0.4) is 0 Å². The molecule has 35 heavy (non-hydrogen) atoms. The maximum absolute atomic E-state index is 13.9. The van der Waals surface area contributed by atoms with Crippen LogP contribution < -0.4 is 14.2 Å². The van der Waals surface area contributed by atoms with Crippen LogP contribution in [0.25, 0.3) is 0 Å². The van der Waals surface area contributed by atoms with Crippen molar-refractivity contribution in [3.05, 3.63) is 71.8 Å². The molecule has 1 fully saturated rings. The fourth-order valence-corrected chi connectivity index (χ4v) is 4.34. The van der Waals surface area contributed by atoms with Gasteiger partial charge in [0, 0.05) is 19.3 Å². The average molecular weight is 484 g/mol. The minimum Gasteiger partial charge on any atom is -0.493 e. The number of aliphatic hydroxyl groups is 1. The Balaban J connectivity index is 1.29. The van der Waals surface area contributed by atoms with E-state index in [2.05, 4.69) is 10.00 Å². The number of hydrogen-bond acceptors (Lipinski definition) is 6. The highest BCUT2D eigenvalue weighted by molar-refractivity contribution is 5.43. The Morgan fingerprint density at radius 1 is 1.06 bits per heavy atom. The Bertz CT molecular complexity index is 1110. The summed E-state index contributed by atoms with van der Waals surface area (Å²) in [5.41, 5.74) is 1.26. The summed E-state index contributed by atoms with van der Waals surface area (Å²) in [4.78, 5) is 2.32. The van der Waals surface area contributed by atoms with Gasteiger partial charge in [-0.2, -0.15) is 5.10 Å². The van der Waals surface area contributed by atoms with Crippen LogP contribution in [0.2, 0.25) is 0 Å². The van der Waals surface area contributed by atoms with Gasteiger partial charge in [-0.05, 0) is 68.1 Å². The molecule has 1 saturated heterocycles. The van der Waals surface area contributed by atoms with Crippen molar-refractivity contribution in [1.29, 1.82) is 0 Å². The normalized spacial score (nSPS) is 18.7.